The maximum absolute atomic E-state index is 13.4. The molecule has 0 amide bonds. The second-order valence-corrected chi connectivity index (χ2v) is 7.67. The van der Waals surface area contributed by atoms with Crippen molar-refractivity contribution in [2.24, 2.45) is 9.98 Å². The molecule has 2 aromatic rings. The van der Waals surface area contributed by atoms with E-state index in [2.05, 4.69) is 9.98 Å². The molecule has 0 aliphatic carbocycles. The molecule has 0 saturated carbocycles. The topological polar surface area (TPSA) is 68.1 Å². The molecule has 2 aliphatic heterocycles. The van der Waals surface area contributed by atoms with Crippen LogP contribution in [0.2, 0.25) is 0 Å². The number of para-hydroxylation sites is 2. The molecular formula is C24H24N2O3. The summed E-state index contributed by atoms with van der Waals surface area (Å²) in [5, 5.41) is 0. The van der Waals surface area contributed by atoms with Crippen LogP contribution in [0.5, 0.6) is 0 Å². The number of nitrogens with zero attached hydrogens (tertiary/aromatic N) is 2. The predicted molar refractivity (Wildman–Crippen MR) is 113 cm³/mol. The van der Waals surface area contributed by atoms with Crippen LogP contribution in [0.4, 0.5) is 11.4 Å². The fourth-order valence-electron chi connectivity index (χ4n) is 4.41. The molecule has 0 saturated heterocycles. The molecule has 4 rings (SSSR count). The molecule has 0 radical (unpaired) electrons. The number of benzene rings is 2. The molecule has 29 heavy (non-hydrogen) atoms. The van der Waals surface area contributed by atoms with E-state index in [1.54, 1.807) is 12.4 Å². The Morgan fingerprint density at radius 3 is 1.59 bits per heavy atom. The van der Waals surface area contributed by atoms with Crippen molar-refractivity contribution in [3.8, 4) is 0 Å². The number of esters is 2. The summed E-state index contributed by atoms with van der Waals surface area (Å²) in [6.45, 7) is 4.01. The van der Waals surface area contributed by atoms with Crippen LogP contribution in [0.3, 0.4) is 0 Å². The Hall–Kier alpha value is -3.08. The standard InChI is InChI=1S/C24H24N2O3/c1-3-13-23(15-25-19-11-7-5-9-17(19)23)21(27)29-22(28)24(14-4-2)16-26-20-12-8-6-10-18(20)24/h5-12,15-16H,3-4,13-14H2,1-2H3. The highest BCUT2D eigenvalue weighted by molar-refractivity contribution is 6.14. The van der Waals surface area contributed by atoms with E-state index < -0.39 is 22.8 Å². The zero-order chi connectivity index (χ0) is 20.5. The van der Waals surface area contributed by atoms with Crippen molar-refractivity contribution < 1.29 is 14.3 Å². The van der Waals surface area contributed by atoms with Gasteiger partial charge in [0.2, 0.25) is 0 Å². The smallest absolute Gasteiger partial charge is 0.329 e. The molecule has 0 spiro atoms. The predicted octanol–water partition coefficient (Wildman–Crippen LogP) is 4.96. The minimum Gasteiger partial charge on any atom is -0.391 e. The van der Waals surface area contributed by atoms with Gasteiger partial charge in [0.1, 0.15) is 10.8 Å². The second kappa shape index (κ2) is 7.39. The third kappa shape index (κ3) is 2.92. The fraction of sp³-hybridized carbons (Fsp3) is 0.333. The van der Waals surface area contributed by atoms with Gasteiger partial charge >= 0.3 is 11.9 Å². The molecule has 148 valence electrons. The van der Waals surface area contributed by atoms with E-state index in [0.717, 1.165) is 35.3 Å². The molecule has 0 bridgehead atoms. The number of aliphatic imine (C=N–C) groups is 2. The zero-order valence-corrected chi connectivity index (χ0v) is 16.7. The fourth-order valence-corrected chi connectivity index (χ4v) is 4.41. The Kier molecular flexibility index (Phi) is 4.91. The molecule has 2 atom stereocenters. The lowest BCUT2D eigenvalue weighted by atomic mass is 9.77. The largest absolute Gasteiger partial charge is 0.391 e. The Balaban J connectivity index is 1.68. The van der Waals surface area contributed by atoms with Crippen molar-refractivity contribution in [1.82, 2.24) is 0 Å². The Bertz CT molecular complexity index is 945. The van der Waals surface area contributed by atoms with Gasteiger partial charge < -0.3 is 4.74 Å². The minimum absolute atomic E-state index is 0.533. The summed E-state index contributed by atoms with van der Waals surface area (Å²) < 4.78 is 5.58. The molecule has 0 fully saturated rings. The van der Waals surface area contributed by atoms with E-state index in [0.29, 0.717) is 12.8 Å². The zero-order valence-electron chi connectivity index (χ0n) is 16.7. The van der Waals surface area contributed by atoms with Gasteiger partial charge in [-0.15, -0.1) is 0 Å². The monoisotopic (exact) mass is 388 g/mol. The highest BCUT2D eigenvalue weighted by Crippen LogP contribution is 2.44. The summed E-state index contributed by atoms with van der Waals surface area (Å²) in [5.74, 6) is -1.13. The Labute approximate surface area is 170 Å². The highest BCUT2D eigenvalue weighted by atomic mass is 16.6. The number of ether oxygens (including phenoxy) is 1. The molecule has 2 unspecified atom stereocenters. The van der Waals surface area contributed by atoms with Crippen LogP contribution in [0.25, 0.3) is 0 Å². The van der Waals surface area contributed by atoms with E-state index in [1.165, 1.54) is 0 Å². The van der Waals surface area contributed by atoms with E-state index in [-0.39, 0.29) is 0 Å². The van der Waals surface area contributed by atoms with Gasteiger partial charge in [-0.1, -0.05) is 63.1 Å². The summed E-state index contributed by atoms with van der Waals surface area (Å²) in [6, 6.07) is 15.0. The van der Waals surface area contributed by atoms with Crippen LogP contribution >= 0.6 is 0 Å². The normalized spacial score (nSPS) is 23.7. The molecule has 2 heterocycles. The third-order valence-corrected chi connectivity index (χ3v) is 5.82. The third-order valence-electron chi connectivity index (χ3n) is 5.82. The van der Waals surface area contributed by atoms with Crippen molar-refractivity contribution in [3.63, 3.8) is 0 Å². The van der Waals surface area contributed by atoms with Crippen molar-refractivity contribution in [2.45, 2.75) is 50.4 Å². The van der Waals surface area contributed by atoms with E-state index in [4.69, 9.17) is 4.74 Å². The van der Waals surface area contributed by atoms with Crippen LogP contribution < -0.4 is 0 Å². The average Bonchev–Trinajstić information content (AvgIpc) is 3.30. The maximum atomic E-state index is 13.4. The lowest BCUT2D eigenvalue weighted by Gasteiger charge is -2.28. The quantitative estimate of drug-likeness (QED) is 0.518. The summed E-state index contributed by atoms with van der Waals surface area (Å²) in [7, 11) is 0. The van der Waals surface area contributed by atoms with E-state index in [1.807, 2.05) is 62.4 Å². The summed E-state index contributed by atoms with van der Waals surface area (Å²) in [6.07, 6.45) is 5.86. The van der Waals surface area contributed by atoms with Gasteiger partial charge in [0.15, 0.2) is 0 Å². The van der Waals surface area contributed by atoms with Crippen LogP contribution in [-0.2, 0) is 25.2 Å². The van der Waals surface area contributed by atoms with E-state index >= 15 is 0 Å². The first-order valence-electron chi connectivity index (χ1n) is 10.1. The Morgan fingerprint density at radius 2 is 1.17 bits per heavy atom. The number of hydrogen-bond donors (Lipinski definition) is 0. The maximum Gasteiger partial charge on any atom is 0.329 e. The summed E-state index contributed by atoms with van der Waals surface area (Å²) >= 11 is 0. The molecule has 0 N–H and O–H groups in total. The summed E-state index contributed by atoms with van der Waals surface area (Å²) in [5.41, 5.74) is 1.05. The number of carbonyl (C=O) groups is 2. The van der Waals surface area contributed by atoms with Gasteiger partial charge in [-0.3, -0.25) is 19.6 Å². The van der Waals surface area contributed by atoms with Crippen LogP contribution in [-0.4, -0.2) is 24.4 Å². The molecule has 2 aromatic carbocycles. The first-order chi connectivity index (χ1) is 14.1. The first-order valence-corrected chi connectivity index (χ1v) is 10.1. The molecule has 2 aliphatic rings. The number of hydrogen-bond acceptors (Lipinski definition) is 5. The van der Waals surface area contributed by atoms with Gasteiger partial charge in [0.25, 0.3) is 0 Å². The molecule has 5 heteroatoms. The molecule has 5 nitrogen and oxygen atoms in total. The van der Waals surface area contributed by atoms with Crippen LogP contribution in [0.15, 0.2) is 58.5 Å². The molecular weight excluding hydrogens is 364 g/mol. The molecule has 0 aromatic heterocycles. The van der Waals surface area contributed by atoms with Gasteiger partial charge in [-0.05, 0) is 25.0 Å². The first kappa shape index (κ1) is 19.2. The van der Waals surface area contributed by atoms with E-state index in [9.17, 15) is 9.59 Å². The summed E-state index contributed by atoms with van der Waals surface area (Å²) in [4.78, 5) is 35.6. The van der Waals surface area contributed by atoms with Crippen LogP contribution in [0, 0.1) is 0 Å². The van der Waals surface area contributed by atoms with Crippen LogP contribution in [0.1, 0.15) is 50.7 Å². The lowest BCUT2D eigenvalue weighted by molar-refractivity contribution is -0.164. The van der Waals surface area contributed by atoms with Crippen molar-refractivity contribution in [1.29, 1.82) is 0 Å². The van der Waals surface area contributed by atoms with Gasteiger partial charge in [0, 0.05) is 23.6 Å². The van der Waals surface area contributed by atoms with Crippen molar-refractivity contribution in [2.75, 3.05) is 0 Å². The van der Waals surface area contributed by atoms with Crippen molar-refractivity contribution in [3.05, 3.63) is 59.7 Å². The highest BCUT2D eigenvalue weighted by Gasteiger charge is 2.50. The SMILES string of the molecule is CCCC1(C(=O)OC(=O)C2(CCC)C=Nc3ccccc32)C=Nc2ccccc21. The van der Waals surface area contributed by atoms with Crippen molar-refractivity contribution >= 4 is 35.7 Å². The average molecular weight is 388 g/mol. The Morgan fingerprint density at radius 1 is 0.759 bits per heavy atom. The number of rotatable bonds is 6. The number of carbonyl (C=O) groups excluding carboxylic acids is 2. The van der Waals surface area contributed by atoms with Gasteiger partial charge in [-0.25, -0.2) is 0 Å². The minimum atomic E-state index is -1.02. The van der Waals surface area contributed by atoms with Gasteiger partial charge in [-0.2, -0.15) is 0 Å². The number of fused-ring (bicyclic) bond motifs is 2. The second-order valence-electron chi connectivity index (χ2n) is 7.67. The van der Waals surface area contributed by atoms with Gasteiger partial charge in [0.05, 0.1) is 11.4 Å². The lowest BCUT2D eigenvalue weighted by Crippen LogP contribution is -2.44.